The van der Waals surface area contributed by atoms with Crippen molar-refractivity contribution in [3.8, 4) is 0 Å². The number of carbonyl (C=O) groups excluding carboxylic acids is 1. The molecule has 0 unspecified atom stereocenters. The van der Waals surface area contributed by atoms with E-state index in [1.165, 1.54) is 23.9 Å². The number of carboxylic acid groups (broad SMARTS) is 1. The number of hydrogen-bond donors (Lipinski definition) is 2. The Morgan fingerprint density at radius 3 is 2.22 bits per heavy atom. The lowest BCUT2D eigenvalue weighted by Crippen LogP contribution is -2.57. The average molecular weight is 387 g/mol. The zero-order valence-corrected chi connectivity index (χ0v) is 15.2. The quantitative estimate of drug-likeness (QED) is 0.796. The van der Waals surface area contributed by atoms with Crippen LogP contribution in [0.4, 0.5) is 4.39 Å². The Morgan fingerprint density at radius 1 is 1.07 bits per heavy atom. The Morgan fingerprint density at radius 2 is 1.67 bits per heavy atom. The van der Waals surface area contributed by atoms with Gasteiger partial charge in [-0.15, -0.1) is 0 Å². The van der Waals surface area contributed by atoms with Gasteiger partial charge in [-0.2, -0.15) is 0 Å². The molecule has 27 heavy (non-hydrogen) atoms. The van der Waals surface area contributed by atoms with Crippen molar-refractivity contribution in [2.24, 2.45) is 5.41 Å². The predicted octanol–water partition coefficient (Wildman–Crippen LogP) is 3.23. The Kier molecular flexibility index (Phi) is 4.44. The van der Waals surface area contributed by atoms with Crippen molar-refractivity contribution in [3.63, 3.8) is 0 Å². The van der Waals surface area contributed by atoms with Gasteiger partial charge in [0.25, 0.3) is 5.91 Å². The first-order valence-corrected chi connectivity index (χ1v) is 9.41. The molecule has 2 bridgehead atoms. The minimum absolute atomic E-state index is 0.102. The van der Waals surface area contributed by atoms with Gasteiger partial charge in [-0.1, -0.05) is 23.9 Å². The van der Waals surface area contributed by atoms with Crippen molar-refractivity contribution >= 4 is 23.6 Å². The van der Waals surface area contributed by atoms with Gasteiger partial charge in [0, 0.05) is 29.2 Å². The van der Waals surface area contributed by atoms with E-state index in [9.17, 15) is 19.1 Å². The number of aliphatic carboxylic acids is 1. The summed E-state index contributed by atoms with van der Waals surface area (Å²) in [5.41, 5.74) is -0.919. The van der Waals surface area contributed by atoms with Crippen molar-refractivity contribution in [1.82, 2.24) is 5.32 Å². The zero-order valence-electron chi connectivity index (χ0n) is 14.4. The molecule has 1 saturated carbocycles. The van der Waals surface area contributed by atoms with Crippen molar-refractivity contribution in [2.75, 3.05) is 6.61 Å². The minimum atomic E-state index is -0.975. The number of ether oxygens (including phenoxy) is 1. The van der Waals surface area contributed by atoms with Crippen LogP contribution in [0.5, 0.6) is 0 Å². The summed E-state index contributed by atoms with van der Waals surface area (Å²) in [6.45, 7) is 0.455. The highest BCUT2D eigenvalue weighted by atomic mass is 32.2. The largest absolute Gasteiger partial charge is 0.481 e. The molecule has 2 heterocycles. The molecule has 5 nitrogen and oxygen atoms in total. The summed E-state index contributed by atoms with van der Waals surface area (Å²) in [5, 5.41) is 12.1. The number of amides is 1. The van der Waals surface area contributed by atoms with E-state index in [0.29, 0.717) is 6.54 Å². The summed E-state index contributed by atoms with van der Waals surface area (Å²) in [5.74, 6) is -1.40. The van der Waals surface area contributed by atoms with Crippen molar-refractivity contribution in [1.29, 1.82) is 0 Å². The van der Waals surface area contributed by atoms with Crippen molar-refractivity contribution < 1.29 is 23.8 Å². The molecule has 7 heteroatoms. The lowest BCUT2D eigenvalue weighted by Gasteiger charge is -2.40. The first-order chi connectivity index (χ1) is 12.9. The molecule has 0 radical (unpaired) electrons. The average Bonchev–Trinajstić information content (AvgIpc) is 3.21. The molecule has 2 N–H and O–H groups in total. The van der Waals surface area contributed by atoms with Gasteiger partial charge < -0.3 is 15.2 Å². The molecular weight excluding hydrogens is 369 g/mol. The summed E-state index contributed by atoms with van der Waals surface area (Å²) in [6, 6.07) is 14.0. The third kappa shape index (κ3) is 3.33. The van der Waals surface area contributed by atoms with Gasteiger partial charge in [0.2, 0.25) is 0 Å². The molecule has 1 aliphatic carbocycles. The summed E-state index contributed by atoms with van der Waals surface area (Å²) >= 11 is 1.53. The van der Waals surface area contributed by atoms with E-state index in [1.54, 1.807) is 12.1 Å². The number of carboxylic acids is 1. The second-order valence-corrected chi connectivity index (χ2v) is 8.25. The van der Waals surface area contributed by atoms with Crippen molar-refractivity contribution in [3.05, 3.63) is 59.9 Å². The number of benzene rings is 2. The van der Waals surface area contributed by atoms with Crippen LogP contribution in [-0.2, 0) is 20.9 Å². The van der Waals surface area contributed by atoms with Gasteiger partial charge in [0.15, 0.2) is 0 Å². The fourth-order valence-electron chi connectivity index (χ4n) is 3.62. The first kappa shape index (κ1) is 18.0. The van der Waals surface area contributed by atoms with E-state index < -0.39 is 17.0 Å². The van der Waals surface area contributed by atoms with Crippen LogP contribution in [0.15, 0.2) is 58.3 Å². The molecule has 1 amide bonds. The molecule has 3 aliphatic rings. The van der Waals surface area contributed by atoms with E-state index >= 15 is 0 Å². The Hall–Kier alpha value is -2.38. The lowest BCUT2D eigenvalue weighted by atomic mass is 9.62. The topological polar surface area (TPSA) is 75.6 Å². The van der Waals surface area contributed by atoms with E-state index in [4.69, 9.17) is 4.74 Å². The number of nitrogens with one attached hydrogen (secondary N) is 1. The van der Waals surface area contributed by atoms with Gasteiger partial charge in [0.05, 0.1) is 12.0 Å². The molecule has 0 atom stereocenters. The highest BCUT2D eigenvalue weighted by Crippen LogP contribution is 2.58. The normalized spacial score (nSPS) is 25.7. The smallest absolute Gasteiger partial charge is 0.312 e. The fourth-order valence-corrected chi connectivity index (χ4v) is 4.43. The zero-order chi connectivity index (χ0) is 19.1. The first-order valence-electron chi connectivity index (χ1n) is 8.59. The lowest BCUT2D eigenvalue weighted by molar-refractivity contribution is -0.158. The van der Waals surface area contributed by atoms with Gasteiger partial charge in [-0.25, -0.2) is 4.39 Å². The molecule has 0 spiro atoms. The van der Waals surface area contributed by atoms with Crippen molar-refractivity contribution in [2.45, 2.75) is 34.8 Å². The van der Waals surface area contributed by atoms with Crippen LogP contribution in [-0.4, -0.2) is 29.2 Å². The standard InChI is InChI=1S/C20H18FNO4S/c21-14-3-7-16(8-4-14)27-15-5-1-13(2-6-15)9-22-17(23)20-10-19(11-20,12-26-20)18(24)25/h1-8H,9-12H2,(H,22,23)(H,24,25). The number of rotatable bonds is 6. The maximum atomic E-state index is 12.9. The van der Waals surface area contributed by atoms with Gasteiger partial charge in [0.1, 0.15) is 11.4 Å². The molecule has 2 aromatic rings. The van der Waals surface area contributed by atoms with Crippen LogP contribution in [0.3, 0.4) is 0 Å². The van der Waals surface area contributed by atoms with Gasteiger partial charge in [-0.3, -0.25) is 9.59 Å². The second-order valence-electron chi connectivity index (χ2n) is 7.10. The summed E-state index contributed by atoms with van der Waals surface area (Å²) in [6.07, 6.45) is 0.489. The molecule has 3 fully saturated rings. The number of hydrogen-bond acceptors (Lipinski definition) is 4. The molecule has 5 rings (SSSR count). The van der Waals surface area contributed by atoms with Crippen LogP contribution < -0.4 is 5.32 Å². The second kappa shape index (κ2) is 6.65. The SMILES string of the molecule is O=C(O)C12COC(C(=O)NCc3ccc(Sc4ccc(F)cc4)cc3)(C1)C2. The minimum Gasteiger partial charge on any atom is -0.481 e. The molecule has 0 aromatic heterocycles. The third-order valence-corrected chi connectivity index (χ3v) is 6.18. The molecule has 2 saturated heterocycles. The Labute approximate surface area is 159 Å². The molecular formula is C20H18FNO4S. The molecule has 2 aliphatic heterocycles. The Balaban J connectivity index is 1.31. The van der Waals surface area contributed by atoms with Gasteiger partial charge in [-0.05, 0) is 42.0 Å². The van der Waals surface area contributed by atoms with Crippen LogP contribution in [0, 0.1) is 11.2 Å². The maximum Gasteiger partial charge on any atom is 0.312 e. The predicted molar refractivity (Wildman–Crippen MR) is 96.8 cm³/mol. The van der Waals surface area contributed by atoms with Crippen LogP contribution in [0.25, 0.3) is 0 Å². The monoisotopic (exact) mass is 387 g/mol. The van der Waals surface area contributed by atoms with Crippen LogP contribution >= 0.6 is 11.8 Å². The Bertz CT molecular complexity index is 876. The van der Waals surface area contributed by atoms with Crippen LogP contribution in [0.1, 0.15) is 18.4 Å². The van der Waals surface area contributed by atoms with E-state index in [0.717, 1.165) is 15.4 Å². The maximum absolute atomic E-state index is 12.9. The fraction of sp³-hybridized carbons (Fsp3) is 0.300. The highest BCUT2D eigenvalue weighted by Gasteiger charge is 2.70. The highest BCUT2D eigenvalue weighted by molar-refractivity contribution is 7.99. The van der Waals surface area contributed by atoms with Crippen LogP contribution in [0.2, 0.25) is 0 Å². The third-order valence-electron chi connectivity index (χ3n) is 5.17. The summed E-state index contributed by atoms with van der Waals surface area (Å²) in [4.78, 5) is 25.6. The van der Waals surface area contributed by atoms with E-state index in [2.05, 4.69) is 5.32 Å². The number of halogens is 1. The summed E-state index contributed by atoms with van der Waals surface area (Å²) < 4.78 is 18.4. The molecule has 2 aromatic carbocycles. The van der Waals surface area contributed by atoms with Gasteiger partial charge >= 0.3 is 5.97 Å². The van der Waals surface area contributed by atoms with E-state index in [-0.39, 0.29) is 31.2 Å². The van der Waals surface area contributed by atoms with E-state index in [1.807, 2.05) is 24.3 Å². The summed E-state index contributed by atoms with van der Waals surface area (Å²) in [7, 11) is 0. The molecule has 140 valence electrons. The number of carbonyl (C=O) groups is 2. The number of fused-ring (bicyclic) bond motifs is 1.